The highest BCUT2D eigenvalue weighted by atomic mass is 19.1. The van der Waals surface area contributed by atoms with Gasteiger partial charge in [0.1, 0.15) is 12.3 Å². The summed E-state index contributed by atoms with van der Waals surface area (Å²) >= 11 is 0. The normalized spacial score (nSPS) is 25.1. The van der Waals surface area contributed by atoms with Crippen molar-refractivity contribution in [2.45, 2.75) is 44.6 Å². The fourth-order valence-corrected chi connectivity index (χ4v) is 4.43. The first-order valence-corrected chi connectivity index (χ1v) is 11.6. The molecule has 0 bridgehead atoms. The van der Waals surface area contributed by atoms with Gasteiger partial charge < -0.3 is 15.4 Å². The van der Waals surface area contributed by atoms with Gasteiger partial charge in [0.25, 0.3) is 6.47 Å². The molecule has 2 aliphatic rings. The van der Waals surface area contributed by atoms with Gasteiger partial charge in [-0.3, -0.25) is 19.2 Å². The summed E-state index contributed by atoms with van der Waals surface area (Å²) in [4.78, 5) is 23.9. The van der Waals surface area contributed by atoms with E-state index in [9.17, 15) is 9.59 Å². The molecular formula is C24H35FN6O3. The number of amides is 1. The number of nitrogens with zero attached hydrogens (tertiary/aromatic N) is 4. The number of likely N-dealkylation sites (N-methyl/N-ethyl adjacent to an activating group) is 1. The molecule has 2 N–H and O–H groups in total. The topological polar surface area (TPSA) is 101 Å². The van der Waals surface area contributed by atoms with Crippen molar-refractivity contribution < 1.29 is 18.7 Å². The van der Waals surface area contributed by atoms with E-state index < -0.39 is 12.3 Å². The van der Waals surface area contributed by atoms with Crippen molar-refractivity contribution >= 4 is 12.4 Å². The van der Waals surface area contributed by atoms with Crippen LogP contribution in [-0.4, -0.2) is 77.3 Å². The number of carbonyl (C=O) groups excluding carboxylic acids is 2. The highest BCUT2D eigenvalue weighted by Crippen LogP contribution is 2.34. The number of aryl methyl sites for hydroxylation is 1. The number of allylic oxidation sites excluding steroid dienone is 3. The van der Waals surface area contributed by atoms with E-state index in [2.05, 4.69) is 39.2 Å². The van der Waals surface area contributed by atoms with Crippen LogP contribution < -0.4 is 10.6 Å². The molecule has 1 amide bonds. The molecule has 0 radical (unpaired) electrons. The van der Waals surface area contributed by atoms with Crippen molar-refractivity contribution in [3.63, 3.8) is 0 Å². The third-order valence-corrected chi connectivity index (χ3v) is 6.47. The molecule has 2 aliphatic carbocycles. The van der Waals surface area contributed by atoms with Gasteiger partial charge in [-0.25, -0.2) is 4.39 Å². The van der Waals surface area contributed by atoms with Crippen molar-refractivity contribution in [3.8, 4) is 0 Å². The Hall–Kier alpha value is -2.85. The monoisotopic (exact) mass is 474 g/mol. The zero-order valence-corrected chi connectivity index (χ0v) is 20.1. The minimum Gasteiger partial charge on any atom is -0.461 e. The molecule has 1 aromatic heterocycles. The fourth-order valence-electron chi connectivity index (χ4n) is 4.43. The van der Waals surface area contributed by atoms with Gasteiger partial charge in [-0.1, -0.05) is 35.6 Å². The highest BCUT2D eigenvalue weighted by Gasteiger charge is 2.33. The number of hydrogen-bond donors (Lipinski definition) is 2. The van der Waals surface area contributed by atoms with Gasteiger partial charge in [-0.05, 0) is 31.4 Å². The van der Waals surface area contributed by atoms with Crippen LogP contribution in [0, 0.1) is 11.8 Å². The Labute approximate surface area is 200 Å². The van der Waals surface area contributed by atoms with E-state index in [1.54, 1.807) is 10.9 Å². The minimum absolute atomic E-state index is 0.0919. The Bertz CT molecular complexity index is 914. The molecule has 1 aromatic rings. The van der Waals surface area contributed by atoms with Gasteiger partial charge in [0.05, 0.1) is 18.4 Å². The van der Waals surface area contributed by atoms with Crippen LogP contribution in [0.3, 0.4) is 0 Å². The quantitative estimate of drug-likeness (QED) is 0.348. The Morgan fingerprint density at radius 1 is 1.38 bits per heavy atom. The third kappa shape index (κ3) is 7.33. The Morgan fingerprint density at radius 3 is 2.82 bits per heavy atom. The molecule has 0 aliphatic heterocycles. The standard InChI is InChI=1S/C24H35FN6O3/c1-17(33)27-14-22(34-16-32)15-30(2)20-8-9-23(24(25)10-20)19-6-4-18(5-7-19)11-26-12-21-13-28-29-31(21)3/h4-6,8-9,13,16,19-20,22-24,26H,7,10-12,14-15H2,1-3H3,(H,27,33)/t19?,20?,22-,23?,24?/m0/s1. The van der Waals surface area contributed by atoms with Crippen LogP contribution in [0.1, 0.15) is 25.5 Å². The van der Waals surface area contributed by atoms with Gasteiger partial charge in [-0.15, -0.1) is 5.10 Å². The van der Waals surface area contributed by atoms with Crippen LogP contribution in [0.5, 0.6) is 0 Å². The lowest BCUT2D eigenvalue weighted by Gasteiger charge is -2.36. The maximum absolute atomic E-state index is 15.2. The van der Waals surface area contributed by atoms with Crippen LogP contribution >= 0.6 is 0 Å². The van der Waals surface area contributed by atoms with Crippen molar-refractivity contribution in [2.75, 3.05) is 26.7 Å². The van der Waals surface area contributed by atoms with E-state index in [-0.39, 0.29) is 30.3 Å². The van der Waals surface area contributed by atoms with Crippen molar-refractivity contribution in [1.82, 2.24) is 30.5 Å². The second kappa shape index (κ2) is 12.6. The maximum atomic E-state index is 15.2. The molecule has 4 unspecified atom stereocenters. The van der Waals surface area contributed by atoms with Crippen molar-refractivity contribution in [3.05, 3.63) is 47.8 Å². The molecule has 0 fully saturated rings. The first kappa shape index (κ1) is 25.8. The van der Waals surface area contributed by atoms with Crippen LogP contribution in [0.25, 0.3) is 0 Å². The molecular weight excluding hydrogens is 439 g/mol. The molecule has 0 spiro atoms. The number of halogens is 1. The first-order valence-electron chi connectivity index (χ1n) is 11.6. The summed E-state index contributed by atoms with van der Waals surface area (Å²) in [7, 11) is 3.74. The predicted octanol–water partition coefficient (Wildman–Crippen LogP) is 1.30. The lowest BCUT2D eigenvalue weighted by Crippen LogP contribution is -2.45. The molecule has 9 nitrogen and oxygen atoms in total. The highest BCUT2D eigenvalue weighted by molar-refractivity contribution is 5.72. The zero-order chi connectivity index (χ0) is 24.5. The summed E-state index contributed by atoms with van der Waals surface area (Å²) in [5.74, 6) is -0.215. The molecule has 5 atom stereocenters. The summed E-state index contributed by atoms with van der Waals surface area (Å²) in [6.45, 7) is 3.86. The van der Waals surface area contributed by atoms with Crippen LogP contribution in [0.15, 0.2) is 42.2 Å². The molecule has 10 heteroatoms. The lowest BCUT2D eigenvalue weighted by atomic mass is 9.77. The number of ether oxygens (including phenoxy) is 1. The van der Waals surface area contributed by atoms with Gasteiger partial charge in [0.2, 0.25) is 5.91 Å². The second-order valence-electron chi connectivity index (χ2n) is 9.00. The Morgan fingerprint density at radius 2 is 2.21 bits per heavy atom. The Balaban J connectivity index is 1.47. The van der Waals surface area contributed by atoms with Gasteiger partial charge in [0.15, 0.2) is 0 Å². The number of hydrogen-bond acceptors (Lipinski definition) is 7. The summed E-state index contributed by atoms with van der Waals surface area (Å²) < 4.78 is 22.0. The van der Waals surface area contributed by atoms with E-state index in [4.69, 9.17) is 4.74 Å². The van der Waals surface area contributed by atoms with E-state index >= 15 is 4.39 Å². The van der Waals surface area contributed by atoms with E-state index in [0.29, 0.717) is 26.0 Å². The molecule has 186 valence electrons. The number of carbonyl (C=O) groups is 2. The maximum Gasteiger partial charge on any atom is 0.293 e. The SMILES string of the molecule is CC(=O)NC[C@@H](CN(C)C1C=CC(C2C=CC(CNCc3cnnn3C)=CC2)C(F)C1)OC=O. The van der Waals surface area contributed by atoms with Crippen molar-refractivity contribution in [1.29, 1.82) is 0 Å². The van der Waals surface area contributed by atoms with Crippen LogP contribution in [0.4, 0.5) is 4.39 Å². The number of alkyl halides is 1. The molecule has 1 heterocycles. The average molecular weight is 475 g/mol. The second-order valence-corrected chi connectivity index (χ2v) is 9.00. The molecule has 3 rings (SSSR count). The van der Waals surface area contributed by atoms with Gasteiger partial charge in [0, 0.05) is 45.6 Å². The third-order valence-electron chi connectivity index (χ3n) is 6.47. The molecule has 0 aromatic carbocycles. The average Bonchev–Trinajstić information content (AvgIpc) is 3.22. The van der Waals surface area contributed by atoms with Gasteiger partial charge >= 0.3 is 0 Å². The van der Waals surface area contributed by atoms with E-state index in [1.165, 1.54) is 12.5 Å². The largest absolute Gasteiger partial charge is 0.461 e. The summed E-state index contributed by atoms with van der Waals surface area (Å²) in [6, 6.07) is -0.0919. The predicted molar refractivity (Wildman–Crippen MR) is 126 cm³/mol. The molecule has 0 saturated carbocycles. The van der Waals surface area contributed by atoms with E-state index in [0.717, 1.165) is 18.7 Å². The van der Waals surface area contributed by atoms with Crippen LogP contribution in [-0.2, 0) is 27.9 Å². The zero-order valence-electron chi connectivity index (χ0n) is 20.1. The number of aromatic nitrogens is 3. The Kier molecular flexibility index (Phi) is 9.52. The summed E-state index contributed by atoms with van der Waals surface area (Å²) in [5.41, 5.74) is 2.21. The summed E-state index contributed by atoms with van der Waals surface area (Å²) in [5, 5.41) is 13.8. The molecule has 0 saturated heterocycles. The van der Waals surface area contributed by atoms with Crippen molar-refractivity contribution in [2.24, 2.45) is 18.9 Å². The first-order chi connectivity index (χ1) is 16.4. The fraction of sp³-hybridized carbons (Fsp3) is 0.583. The smallest absolute Gasteiger partial charge is 0.293 e. The lowest BCUT2D eigenvalue weighted by molar-refractivity contribution is -0.135. The number of nitrogens with one attached hydrogen (secondary N) is 2. The van der Waals surface area contributed by atoms with Gasteiger partial charge in [-0.2, -0.15) is 0 Å². The summed E-state index contributed by atoms with van der Waals surface area (Å²) in [6.07, 6.45) is 11.9. The number of rotatable bonds is 12. The minimum atomic E-state index is -0.960. The van der Waals surface area contributed by atoms with E-state index in [1.807, 2.05) is 31.1 Å². The van der Waals surface area contributed by atoms with Crippen LogP contribution in [0.2, 0.25) is 0 Å². The molecule has 34 heavy (non-hydrogen) atoms.